The number of rotatable bonds is 0. The van der Waals surface area contributed by atoms with Gasteiger partial charge in [-0.25, -0.2) is 0 Å². The number of benzene rings is 1. The molecule has 2 nitrogen and oxygen atoms in total. The van der Waals surface area contributed by atoms with Crippen LogP contribution in [0.25, 0.3) is 0 Å². The van der Waals surface area contributed by atoms with Crippen molar-refractivity contribution in [2.45, 2.75) is 0 Å². The zero-order valence-corrected chi connectivity index (χ0v) is 8.20. The summed E-state index contributed by atoms with van der Waals surface area (Å²) in [6, 6.07) is 9.97. The van der Waals surface area contributed by atoms with Gasteiger partial charge in [0.05, 0.1) is 6.54 Å². The van der Waals surface area contributed by atoms with Gasteiger partial charge in [0.25, 0.3) is 0 Å². The van der Waals surface area contributed by atoms with Crippen LogP contribution in [0.15, 0.2) is 39.8 Å². The Hall–Kier alpha value is -0.830. The highest BCUT2D eigenvalue weighted by Crippen LogP contribution is 2.05. The smallest absolute Gasteiger partial charge is 0.169 e. The fraction of sp³-hybridized carbons (Fsp3) is 0.222. The molecule has 0 N–H and O–H groups in total. The van der Waals surface area contributed by atoms with Gasteiger partial charge in [-0.15, -0.1) is 0 Å². The highest BCUT2D eigenvalue weighted by molar-refractivity contribution is 9.10. The number of nitrogens with zero attached hydrogens (tertiary/aromatic N) is 1. The monoisotopic (exact) mass is 227 g/mol. The van der Waals surface area contributed by atoms with Crippen LogP contribution in [0.3, 0.4) is 0 Å². The molecule has 2 rings (SSSR count). The summed E-state index contributed by atoms with van der Waals surface area (Å²) in [5, 5.41) is 0. The van der Waals surface area contributed by atoms with Crippen LogP contribution >= 0.6 is 15.9 Å². The maximum absolute atomic E-state index is 4.65. The first-order valence-corrected chi connectivity index (χ1v) is 4.49. The van der Waals surface area contributed by atoms with Crippen LogP contribution in [0.1, 0.15) is 0 Å². The summed E-state index contributed by atoms with van der Waals surface area (Å²) in [5.74, 6) is 0. The highest BCUT2D eigenvalue weighted by Gasteiger charge is 1.84. The molecular weight excluding hydrogens is 218 g/mol. The Balaban J connectivity index is 0.000000127. The summed E-state index contributed by atoms with van der Waals surface area (Å²) in [6.45, 7) is 1.62. The van der Waals surface area contributed by atoms with Gasteiger partial charge >= 0.3 is 0 Å². The predicted octanol–water partition coefficient (Wildman–Crippen LogP) is 2.49. The molecule has 3 heteroatoms. The zero-order valence-electron chi connectivity index (χ0n) is 6.61. The molecule has 1 aromatic rings. The lowest BCUT2D eigenvalue weighted by Crippen LogP contribution is -1.80. The standard InChI is InChI=1S/C6H5Br.C3H5NO/c7-6-4-2-1-3-5-6;1-2-5-3-4-1/h1-5H;3H,1-2H2. The van der Waals surface area contributed by atoms with Crippen molar-refractivity contribution in [2.75, 3.05) is 13.2 Å². The van der Waals surface area contributed by atoms with E-state index in [1.54, 1.807) is 0 Å². The molecule has 0 saturated carbocycles. The fourth-order valence-electron chi connectivity index (χ4n) is 0.678. The third kappa shape index (κ3) is 4.13. The SMILES string of the molecule is Brc1ccccc1.C1=NCCO1. The quantitative estimate of drug-likeness (QED) is 0.668. The van der Waals surface area contributed by atoms with Gasteiger partial charge in [-0.2, -0.15) is 0 Å². The number of aliphatic imine (C=N–C) groups is 1. The Kier molecular flexibility index (Phi) is 4.46. The summed E-state index contributed by atoms with van der Waals surface area (Å²) in [4.78, 5) is 3.74. The summed E-state index contributed by atoms with van der Waals surface area (Å²) < 4.78 is 5.79. The fourth-order valence-corrected chi connectivity index (χ4v) is 0.983. The molecule has 0 fully saturated rings. The molecule has 0 spiro atoms. The third-order valence-corrected chi connectivity index (χ3v) is 1.75. The van der Waals surface area contributed by atoms with Crippen LogP contribution in [0.5, 0.6) is 0 Å². The Bertz CT molecular complexity index is 230. The van der Waals surface area contributed by atoms with Gasteiger partial charge in [0.15, 0.2) is 6.40 Å². The molecule has 1 heterocycles. The molecule has 1 aromatic carbocycles. The van der Waals surface area contributed by atoms with E-state index in [2.05, 4.69) is 25.7 Å². The minimum Gasteiger partial charge on any atom is -0.482 e. The summed E-state index contributed by atoms with van der Waals surface area (Å²) >= 11 is 3.31. The van der Waals surface area contributed by atoms with Gasteiger partial charge in [-0.05, 0) is 12.1 Å². The Labute approximate surface area is 80.4 Å². The maximum atomic E-state index is 4.65. The van der Waals surface area contributed by atoms with E-state index in [1.165, 1.54) is 6.40 Å². The van der Waals surface area contributed by atoms with E-state index in [9.17, 15) is 0 Å². The van der Waals surface area contributed by atoms with Crippen LogP contribution in [-0.4, -0.2) is 19.6 Å². The molecule has 0 aliphatic carbocycles. The third-order valence-electron chi connectivity index (χ3n) is 1.22. The largest absolute Gasteiger partial charge is 0.482 e. The Morgan fingerprint density at radius 1 is 1.25 bits per heavy atom. The van der Waals surface area contributed by atoms with Crippen molar-refractivity contribution in [3.63, 3.8) is 0 Å². The lowest BCUT2D eigenvalue weighted by Gasteiger charge is -1.80. The van der Waals surface area contributed by atoms with Crippen LogP contribution in [0.2, 0.25) is 0 Å². The molecule has 0 bridgehead atoms. The van der Waals surface area contributed by atoms with E-state index in [-0.39, 0.29) is 0 Å². The van der Waals surface area contributed by atoms with Crippen LogP contribution in [0, 0.1) is 0 Å². The predicted molar refractivity (Wildman–Crippen MR) is 53.5 cm³/mol. The average Bonchev–Trinajstić information content (AvgIpc) is 2.62. The van der Waals surface area contributed by atoms with Gasteiger partial charge in [0, 0.05) is 4.47 Å². The van der Waals surface area contributed by atoms with Crippen molar-refractivity contribution in [2.24, 2.45) is 4.99 Å². The van der Waals surface area contributed by atoms with E-state index in [1.807, 2.05) is 30.3 Å². The number of hydrogen-bond acceptors (Lipinski definition) is 2. The Morgan fingerprint density at radius 2 is 2.00 bits per heavy atom. The minimum absolute atomic E-state index is 0.778. The average molecular weight is 228 g/mol. The van der Waals surface area contributed by atoms with Crippen molar-refractivity contribution in [3.05, 3.63) is 34.8 Å². The van der Waals surface area contributed by atoms with Crippen molar-refractivity contribution < 1.29 is 4.74 Å². The first kappa shape index (κ1) is 9.26. The van der Waals surface area contributed by atoms with Gasteiger partial charge < -0.3 is 4.74 Å². The van der Waals surface area contributed by atoms with E-state index < -0.39 is 0 Å². The molecule has 0 atom stereocenters. The van der Waals surface area contributed by atoms with Crippen LogP contribution in [-0.2, 0) is 4.74 Å². The number of halogens is 1. The lowest BCUT2D eigenvalue weighted by atomic mass is 10.4. The van der Waals surface area contributed by atoms with Gasteiger partial charge in [0.1, 0.15) is 6.61 Å². The molecule has 12 heavy (non-hydrogen) atoms. The summed E-state index contributed by atoms with van der Waals surface area (Å²) in [5.41, 5.74) is 0. The molecular formula is C9H10BrNO. The summed E-state index contributed by atoms with van der Waals surface area (Å²) in [7, 11) is 0. The molecule has 1 aliphatic rings. The second-order valence-corrected chi connectivity index (χ2v) is 3.09. The second-order valence-electron chi connectivity index (χ2n) is 2.18. The van der Waals surface area contributed by atoms with Crippen molar-refractivity contribution in [1.82, 2.24) is 0 Å². The maximum Gasteiger partial charge on any atom is 0.169 e. The van der Waals surface area contributed by atoms with Gasteiger partial charge in [-0.1, -0.05) is 34.1 Å². The molecule has 0 aromatic heterocycles. The van der Waals surface area contributed by atoms with Gasteiger partial charge in [0.2, 0.25) is 0 Å². The number of hydrogen-bond donors (Lipinski definition) is 0. The van der Waals surface area contributed by atoms with Crippen molar-refractivity contribution >= 4 is 22.3 Å². The molecule has 0 amide bonds. The molecule has 0 radical (unpaired) electrons. The molecule has 64 valence electrons. The lowest BCUT2D eigenvalue weighted by molar-refractivity contribution is 0.361. The van der Waals surface area contributed by atoms with Crippen molar-refractivity contribution in [3.8, 4) is 0 Å². The van der Waals surface area contributed by atoms with E-state index in [4.69, 9.17) is 0 Å². The van der Waals surface area contributed by atoms with Gasteiger partial charge in [-0.3, -0.25) is 4.99 Å². The molecule has 0 unspecified atom stereocenters. The minimum atomic E-state index is 0.778. The zero-order chi connectivity index (χ0) is 8.65. The Morgan fingerprint density at radius 3 is 2.25 bits per heavy atom. The van der Waals surface area contributed by atoms with E-state index in [0.717, 1.165) is 17.6 Å². The first-order chi connectivity index (χ1) is 5.89. The summed E-state index contributed by atoms with van der Waals surface area (Å²) in [6.07, 6.45) is 1.49. The van der Waals surface area contributed by atoms with Crippen molar-refractivity contribution in [1.29, 1.82) is 0 Å². The van der Waals surface area contributed by atoms with Crippen LogP contribution < -0.4 is 0 Å². The normalized spacial score (nSPS) is 13.1. The highest BCUT2D eigenvalue weighted by atomic mass is 79.9. The van der Waals surface area contributed by atoms with E-state index >= 15 is 0 Å². The van der Waals surface area contributed by atoms with E-state index in [0.29, 0.717) is 0 Å². The first-order valence-electron chi connectivity index (χ1n) is 3.70. The molecule has 1 aliphatic heterocycles. The topological polar surface area (TPSA) is 21.6 Å². The molecule has 0 saturated heterocycles. The number of ether oxygens (including phenoxy) is 1. The second kappa shape index (κ2) is 5.77. The van der Waals surface area contributed by atoms with Crippen LogP contribution in [0.4, 0.5) is 0 Å².